The molecule has 1 amide bonds. The van der Waals surface area contributed by atoms with E-state index in [1.807, 2.05) is 0 Å². The highest BCUT2D eigenvalue weighted by Gasteiger charge is 2.22. The zero-order chi connectivity index (χ0) is 14.3. The zero-order valence-electron chi connectivity index (χ0n) is 10.8. The third kappa shape index (κ3) is 4.56. The summed E-state index contributed by atoms with van der Waals surface area (Å²) in [6.45, 7) is 2.20. The van der Waals surface area contributed by atoms with Crippen molar-refractivity contribution in [3.8, 4) is 0 Å². The number of hydrogen-bond acceptors (Lipinski definition) is 6. The van der Waals surface area contributed by atoms with Crippen LogP contribution in [0.4, 0.5) is 0 Å². The van der Waals surface area contributed by atoms with Crippen molar-refractivity contribution in [2.24, 2.45) is 0 Å². The minimum absolute atomic E-state index is 0.156. The molecule has 0 bridgehead atoms. The van der Waals surface area contributed by atoms with Crippen LogP contribution in [0.15, 0.2) is 12.3 Å². The molecule has 0 aliphatic heterocycles. The Morgan fingerprint density at radius 3 is 2.89 bits per heavy atom. The van der Waals surface area contributed by atoms with Gasteiger partial charge in [0.1, 0.15) is 18.5 Å². The number of hydrogen-bond donors (Lipinski definition) is 2. The molecule has 1 atom stereocenters. The number of rotatable bonds is 7. The Morgan fingerprint density at radius 1 is 1.58 bits per heavy atom. The van der Waals surface area contributed by atoms with Gasteiger partial charge in [-0.3, -0.25) is 4.79 Å². The standard InChI is InChI=1S/C11H17N3O4S/c1-3-18-11(16)9(6-19)12-10(15)8-4-5-14(13-8)7-17-2/h4-5,9,19H,3,6-7H2,1-2H3,(H,12,15)/t9-/m0/s1. The van der Waals surface area contributed by atoms with Crippen LogP contribution in [-0.4, -0.2) is 47.2 Å². The van der Waals surface area contributed by atoms with Crippen molar-refractivity contribution >= 4 is 24.5 Å². The first-order chi connectivity index (χ1) is 9.12. The fraction of sp³-hybridized carbons (Fsp3) is 0.545. The summed E-state index contributed by atoms with van der Waals surface area (Å²) in [5, 5.41) is 6.51. The van der Waals surface area contributed by atoms with Crippen molar-refractivity contribution < 1.29 is 19.1 Å². The highest BCUT2D eigenvalue weighted by atomic mass is 32.1. The molecule has 0 saturated carbocycles. The third-order valence-electron chi connectivity index (χ3n) is 2.19. The number of esters is 1. The molecule has 0 unspecified atom stereocenters. The maximum atomic E-state index is 11.9. The third-order valence-corrected chi connectivity index (χ3v) is 2.56. The number of carbonyl (C=O) groups excluding carboxylic acids is 2. The highest BCUT2D eigenvalue weighted by Crippen LogP contribution is 1.99. The number of nitrogens with one attached hydrogen (secondary N) is 1. The van der Waals surface area contributed by atoms with E-state index in [2.05, 4.69) is 23.0 Å². The lowest BCUT2D eigenvalue weighted by Gasteiger charge is -2.14. The van der Waals surface area contributed by atoms with Gasteiger partial charge in [0.15, 0.2) is 0 Å². The average Bonchev–Trinajstić information content (AvgIpc) is 2.85. The summed E-state index contributed by atoms with van der Waals surface area (Å²) < 4.78 is 11.2. The van der Waals surface area contributed by atoms with Crippen molar-refractivity contribution in [2.45, 2.75) is 19.7 Å². The first-order valence-electron chi connectivity index (χ1n) is 5.73. The van der Waals surface area contributed by atoms with Crippen LogP contribution in [-0.2, 0) is 21.0 Å². The van der Waals surface area contributed by atoms with Gasteiger partial charge in [0.05, 0.1) is 6.61 Å². The predicted octanol–water partition coefficient (Wildman–Crippen LogP) is 0.0783. The van der Waals surface area contributed by atoms with Gasteiger partial charge in [-0.1, -0.05) is 0 Å². The molecule has 7 nitrogen and oxygen atoms in total. The van der Waals surface area contributed by atoms with Crippen LogP contribution in [0.5, 0.6) is 0 Å². The number of thiol groups is 1. The quantitative estimate of drug-likeness (QED) is 0.548. The van der Waals surface area contributed by atoms with E-state index in [0.717, 1.165) is 0 Å². The van der Waals surface area contributed by atoms with Crippen molar-refractivity contribution in [3.05, 3.63) is 18.0 Å². The SMILES string of the molecule is CCOC(=O)[C@H](CS)NC(=O)c1ccn(COC)n1. The minimum atomic E-state index is -0.789. The summed E-state index contributed by atoms with van der Waals surface area (Å²) in [4.78, 5) is 23.4. The fourth-order valence-corrected chi connectivity index (χ4v) is 1.58. The molecule has 0 aliphatic carbocycles. The second-order valence-corrected chi connectivity index (χ2v) is 3.98. The summed E-state index contributed by atoms with van der Waals surface area (Å²) in [7, 11) is 1.53. The summed E-state index contributed by atoms with van der Waals surface area (Å²) in [6.07, 6.45) is 1.61. The number of methoxy groups -OCH3 is 1. The van der Waals surface area contributed by atoms with Gasteiger partial charge in [0.25, 0.3) is 5.91 Å². The Morgan fingerprint density at radius 2 is 2.32 bits per heavy atom. The number of ether oxygens (including phenoxy) is 2. The molecule has 0 spiro atoms. The lowest BCUT2D eigenvalue weighted by atomic mass is 10.3. The molecule has 0 aromatic carbocycles. The monoisotopic (exact) mass is 287 g/mol. The van der Waals surface area contributed by atoms with Gasteiger partial charge in [0, 0.05) is 19.1 Å². The van der Waals surface area contributed by atoms with Gasteiger partial charge in [-0.25, -0.2) is 9.48 Å². The van der Waals surface area contributed by atoms with E-state index in [9.17, 15) is 9.59 Å². The van der Waals surface area contributed by atoms with Gasteiger partial charge in [0.2, 0.25) is 0 Å². The molecule has 0 fully saturated rings. The van der Waals surface area contributed by atoms with Gasteiger partial charge in [-0.15, -0.1) is 0 Å². The van der Waals surface area contributed by atoms with E-state index in [1.165, 1.54) is 17.9 Å². The van der Waals surface area contributed by atoms with Crippen molar-refractivity contribution in [3.63, 3.8) is 0 Å². The zero-order valence-corrected chi connectivity index (χ0v) is 11.7. The molecule has 106 valence electrons. The Balaban J connectivity index is 2.63. The normalized spacial score (nSPS) is 11.9. The van der Waals surface area contributed by atoms with E-state index in [1.54, 1.807) is 13.1 Å². The largest absolute Gasteiger partial charge is 0.464 e. The topological polar surface area (TPSA) is 82.5 Å². The van der Waals surface area contributed by atoms with Gasteiger partial charge in [-0.2, -0.15) is 17.7 Å². The summed E-state index contributed by atoms with van der Waals surface area (Å²) in [5.74, 6) is -0.812. The van der Waals surface area contributed by atoms with E-state index in [4.69, 9.17) is 9.47 Å². The van der Waals surface area contributed by atoms with E-state index in [-0.39, 0.29) is 24.8 Å². The molecule has 1 N–H and O–H groups in total. The van der Waals surface area contributed by atoms with Crippen LogP contribution in [0.25, 0.3) is 0 Å². The van der Waals surface area contributed by atoms with E-state index in [0.29, 0.717) is 0 Å². The van der Waals surface area contributed by atoms with Crippen LogP contribution < -0.4 is 5.32 Å². The van der Waals surface area contributed by atoms with Gasteiger partial charge < -0.3 is 14.8 Å². The van der Waals surface area contributed by atoms with Crippen LogP contribution in [0.1, 0.15) is 17.4 Å². The van der Waals surface area contributed by atoms with E-state index >= 15 is 0 Å². The molecule has 0 aliphatic rings. The Kier molecular flexibility index (Phi) is 6.37. The Bertz CT molecular complexity index is 435. The second kappa shape index (κ2) is 7.80. The molecule has 1 rings (SSSR count). The second-order valence-electron chi connectivity index (χ2n) is 3.62. The van der Waals surface area contributed by atoms with Crippen LogP contribution in [0, 0.1) is 0 Å². The molecule has 0 radical (unpaired) electrons. The number of carbonyl (C=O) groups is 2. The Hall–Kier alpha value is -1.54. The minimum Gasteiger partial charge on any atom is -0.464 e. The van der Waals surface area contributed by atoms with Crippen LogP contribution in [0.3, 0.4) is 0 Å². The molecular formula is C11H17N3O4S. The predicted molar refractivity (Wildman–Crippen MR) is 71.0 cm³/mol. The van der Waals surface area contributed by atoms with Crippen LogP contribution in [0.2, 0.25) is 0 Å². The molecule has 1 heterocycles. The smallest absolute Gasteiger partial charge is 0.329 e. The Labute approximate surface area is 116 Å². The van der Waals surface area contributed by atoms with Crippen molar-refractivity contribution in [1.29, 1.82) is 0 Å². The first kappa shape index (κ1) is 15.5. The summed E-state index contributed by atoms with van der Waals surface area (Å²) in [5.41, 5.74) is 0.202. The fourth-order valence-electron chi connectivity index (χ4n) is 1.34. The van der Waals surface area contributed by atoms with Gasteiger partial charge in [-0.05, 0) is 13.0 Å². The first-order valence-corrected chi connectivity index (χ1v) is 6.36. The molecule has 1 aromatic heterocycles. The maximum Gasteiger partial charge on any atom is 0.329 e. The maximum absolute atomic E-state index is 11.9. The van der Waals surface area contributed by atoms with E-state index < -0.39 is 17.9 Å². The van der Waals surface area contributed by atoms with Crippen molar-refractivity contribution in [1.82, 2.24) is 15.1 Å². The molecular weight excluding hydrogens is 270 g/mol. The highest BCUT2D eigenvalue weighted by molar-refractivity contribution is 7.80. The van der Waals surface area contributed by atoms with Crippen LogP contribution >= 0.6 is 12.6 Å². The number of aromatic nitrogens is 2. The summed E-state index contributed by atoms with van der Waals surface area (Å²) >= 11 is 4.01. The molecule has 8 heteroatoms. The number of nitrogens with zero attached hydrogens (tertiary/aromatic N) is 2. The molecule has 0 saturated heterocycles. The summed E-state index contributed by atoms with van der Waals surface area (Å²) in [6, 6.07) is 0.748. The molecule has 19 heavy (non-hydrogen) atoms. The van der Waals surface area contributed by atoms with Crippen molar-refractivity contribution in [2.75, 3.05) is 19.5 Å². The average molecular weight is 287 g/mol. The lowest BCUT2D eigenvalue weighted by molar-refractivity contribution is -0.144. The lowest BCUT2D eigenvalue weighted by Crippen LogP contribution is -2.43. The van der Waals surface area contributed by atoms with Gasteiger partial charge >= 0.3 is 5.97 Å². The number of amides is 1. The molecule has 1 aromatic rings.